The molecule has 0 spiro atoms. The Morgan fingerprint density at radius 2 is 2.17 bits per heavy atom. The van der Waals surface area contributed by atoms with Gasteiger partial charge < -0.3 is 15.4 Å². The Hall–Kier alpha value is -2.41. The van der Waals surface area contributed by atoms with Crippen LogP contribution in [0, 0.1) is 0 Å². The summed E-state index contributed by atoms with van der Waals surface area (Å²) in [6, 6.07) is 7.66. The Balaban J connectivity index is 1.82. The van der Waals surface area contributed by atoms with Gasteiger partial charge in [-0.2, -0.15) is 5.10 Å². The van der Waals surface area contributed by atoms with Crippen molar-refractivity contribution in [2.24, 2.45) is 5.73 Å². The van der Waals surface area contributed by atoms with Crippen molar-refractivity contribution in [2.75, 3.05) is 20.3 Å². The second kappa shape index (κ2) is 6.00. The molecule has 1 aliphatic rings. The summed E-state index contributed by atoms with van der Waals surface area (Å²) < 4.78 is 6.75. The number of ether oxygens (including phenoxy) is 1. The number of rotatable bonds is 5. The predicted molar refractivity (Wildman–Crippen MR) is 84.5 cm³/mol. The fourth-order valence-corrected chi connectivity index (χ4v) is 3.28. The molecule has 7 heteroatoms. The SMILES string of the molecule is COCC1(C(N)=O)CCCN1C(=O)Cn1cc2ccccc2n1. The molecule has 1 aromatic carbocycles. The fraction of sp³-hybridized carbons (Fsp3) is 0.438. The molecule has 3 rings (SSSR count). The molecule has 7 nitrogen and oxygen atoms in total. The number of aromatic nitrogens is 2. The highest BCUT2D eigenvalue weighted by molar-refractivity contribution is 5.91. The van der Waals surface area contributed by atoms with Gasteiger partial charge in [0.25, 0.3) is 0 Å². The topological polar surface area (TPSA) is 90.5 Å². The largest absolute Gasteiger partial charge is 0.382 e. The number of hydrogen-bond donors (Lipinski definition) is 1. The van der Waals surface area contributed by atoms with Crippen LogP contribution < -0.4 is 5.73 Å². The van der Waals surface area contributed by atoms with Gasteiger partial charge in [0.15, 0.2) is 0 Å². The molecule has 2 N–H and O–H groups in total. The van der Waals surface area contributed by atoms with Crippen LogP contribution in [0.4, 0.5) is 0 Å². The molecule has 2 aromatic rings. The summed E-state index contributed by atoms with van der Waals surface area (Å²) in [6.45, 7) is 0.703. The normalized spacial score (nSPS) is 21.0. The minimum Gasteiger partial charge on any atom is -0.382 e. The van der Waals surface area contributed by atoms with Gasteiger partial charge in [-0.05, 0) is 18.9 Å². The average molecular weight is 316 g/mol. The fourth-order valence-electron chi connectivity index (χ4n) is 3.28. The van der Waals surface area contributed by atoms with Crippen molar-refractivity contribution < 1.29 is 14.3 Å². The predicted octanol–water partition coefficient (Wildman–Crippen LogP) is 0.529. The number of hydrogen-bond acceptors (Lipinski definition) is 4. The van der Waals surface area contributed by atoms with E-state index < -0.39 is 11.4 Å². The molecular formula is C16H20N4O3. The van der Waals surface area contributed by atoms with Crippen LogP contribution >= 0.6 is 0 Å². The maximum Gasteiger partial charge on any atom is 0.245 e. The van der Waals surface area contributed by atoms with Gasteiger partial charge >= 0.3 is 0 Å². The summed E-state index contributed by atoms with van der Waals surface area (Å²) >= 11 is 0. The lowest BCUT2D eigenvalue weighted by Gasteiger charge is -2.35. The van der Waals surface area contributed by atoms with Gasteiger partial charge in [0, 0.05) is 25.2 Å². The van der Waals surface area contributed by atoms with E-state index in [4.69, 9.17) is 10.5 Å². The van der Waals surface area contributed by atoms with Crippen LogP contribution in [-0.4, -0.2) is 52.3 Å². The Morgan fingerprint density at radius 1 is 1.39 bits per heavy atom. The number of nitrogens with zero attached hydrogens (tertiary/aromatic N) is 3. The molecule has 23 heavy (non-hydrogen) atoms. The molecule has 0 aliphatic carbocycles. The zero-order valence-corrected chi connectivity index (χ0v) is 13.1. The summed E-state index contributed by atoms with van der Waals surface area (Å²) in [4.78, 5) is 26.2. The van der Waals surface area contributed by atoms with E-state index in [1.165, 1.54) is 7.11 Å². The van der Waals surface area contributed by atoms with E-state index in [1.807, 2.05) is 30.5 Å². The number of carbonyl (C=O) groups is 2. The van der Waals surface area contributed by atoms with E-state index in [-0.39, 0.29) is 19.1 Å². The Bertz CT molecular complexity index is 709. The van der Waals surface area contributed by atoms with Gasteiger partial charge in [0.05, 0.1) is 12.1 Å². The lowest BCUT2D eigenvalue weighted by atomic mass is 9.96. The molecular weight excluding hydrogens is 296 g/mol. The van der Waals surface area contributed by atoms with E-state index in [0.29, 0.717) is 13.0 Å². The maximum absolute atomic E-state index is 12.7. The number of likely N-dealkylation sites (tertiary alicyclic amines) is 1. The monoisotopic (exact) mass is 316 g/mol. The van der Waals surface area contributed by atoms with Crippen molar-refractivity contribution in [3.63, 3.8) is 0 Å². The second-order valence-corrected chi connectivity index (χ2v) is 5.86. The minimum absolute atomic E-state index is 0.0768. The Labute approximate surface area is 134 Å². The van der Waals surface area contributed by atoms with Gasteiger partial charge in [0.2, 0.25) is 11.8 Å². The molecule has 0 saturated carbocycles. The number of nitrogens with two attached hydrogens (primary N) is 1. The summed E-state index contributed by atoms with van der Waals surface area (Å²) in [5.41, 5.74) is 5.36. The molecule has 1 aromatic heterocycles. The third kappa shape index (κ3) is 2.68. The zero-order chi connectivity index (χ0) is 16.4. The van der Waals surface area contributed by atoms with E-state index in [0.717, 1.165) is 17.3 Å². The number of fused-ring (bicyclic) bond motifs is 1. The molecule has 0 bridgehead atoms. The first-order chi connectivity index (χ1) is 11.1. The first kappa shape index (κ1) is 15.5. The average Bonchev–Trinajstić information content (AvgIpc) is 3.11. The van der Waals surface area contributed by atoms with Crippen LogP contribution in [0.25, 0.3) is 10.9 Å². The molecule has 122 valence electrons. The lowest BCUT2D eigenvalue weighted by Crippen LogP contribution is -2.59. The third-order valence-electron chi connectivity index (χ3n) is 4.39. The van der Waals surface area contributed by atoms with Crippen molar-refractivity contribution in [1.29, 1.82) is 0 Å². The van der Waals surface area contributed by atoms with Crippen molar-refractivity contribution in [3.8, 4) is 0 Å². The number of benzene rings is 1. The minimum atomic E-state index is -1.04. The summed E-state index contributed by atoms with van der Waals surface area (Å²) in [6.07, 6.45) is 3.09. The van der Waals surface area contributed by atoms with E-state index >= 15 is 0 Å². The summed E-state index contributed by atoms with van der Waals surface area (Å²) in [7, 11) is 1.51. The van der Waals surface area contributed by atoms with Crippen molar-refractivity contribution in [1.82, 2.24) is 14.7 Å². The van der Waals surface area contributed by atoms with Gasteiger partial charge in [-0.3, -0.25) is 14.3 Å². The molecule has 1 saturated heterocycles. The second-order valence-electron chi connectivity index (χ2n) is 5.86. The number of amides is 2. The van der Waals surface area contributed by atoms with Crippen LogP contribution in [0.1, 0.15) is 12.8 Å². The van der Waals surface area contributed by atoms with Crippen molar-refractivity contribution in [3.05, 3.63) is 30.5 Å². The van der Waals surface area contributed by atoms with Crippen molar-refractivity contribution >= 4 is 22.7 Å². The van der Waals surface area contributed by atoms with Gasteiger partial charge in [-0.25, -0.2) is 0 Å². The van der Waals surface area contributed by atoms with Crippen LogP contribution in [0.2, 0.25) is 0 Å². The number of methoxy groups -OCH3 is 1. The molecule has 1 unspecified atom stereocenters. The quantitative estimate of drug-likeness (QED) is 0.871. The standard InChI is InChI=1S/C16H20N4O3/c1-23-11-16(15(17)22)7-4-8-20(16)14(21)10-19-9-12-5-2-3-6-13(12)18-19/h2-3,5-6,9H,4,7-8,10-11H2,1H3,(H2,17,22). The van der Waals surface area contributed by atoms with Gasteiger partial charge in [-0.1, -0.05) is 18.2 Å². The van der Waals surface area contributed by atoms with Crippen LogP contribution in [0.5, 0.6) is 0 Å². The first-order valence-corrected chi connectivity index (χ1v) is 7.58. The van der Waals surface area contributed by atoms with Crippen LogP contribution in [-0.2, 0) is 20.9 Å². The molecule has 2 heterocycles. The summed E-state index contributed by atoms with van der Waals surface area (Å²) in [5.74, 6) is -0.693. The molecule has 2 amide bonds. The Morgan fingerprint density at radius 3 is 2.87 bits per heavy atom. The summed E-state index contributed by atoms with van der Waals surface area (Å²) in [5, 5.41) is 5.36. The van der Waals surface area contributed by atoms with Crippen LogP contribution in [0.3, 0.4) is 0 Å². The van der Waals surface area contributed by atoms with Crippen molar-refractivity contribution in [2.45, 2.75) is 24.9 Å². The number of carbonyl (C=O) groups excluding carboxylic acids is 2. The highest BCUT2D eigenvalue weighted by Crippen LogP contribution is 2.30. The van der Waals surface area contributed by atoms with E-state index in [1.54, 1.807) is 9.58 Å². The molecule has 0 radical (unpaired) electrons. The third-order valence-corrected chi connectivity index (χ3v) is 4.39. The molecule has 1 atom stereocenters. The lowest BCUT2D eigenvalue weighted by molar-refractivity contribution is -0.147. The number of primary amides is 1. The highest BCUT2D eigenvalue weighted by atomic mass is 16.5. The van der Waals surface area contributed by atoms with Gasteiger partial charge in [0.1, 0.15) is 12.1 Å². The molecule has 1 aliphatic heterocycles. The zero-order valence-electron chi connectivity index (χ0n) is 13.1. The van der Waals surface area contributed by atoms with E-state index in [2.05, 4.69) is 5.10 Å². The highest BCUT2D eigenvalue weighted by Gasteiger charge is 2.48. The smallest absolute Gasteiger partial charge is 0.245 e. The van der Waals surface area contributed by atoms with Gasteiger partial charge in [-0.15, -0.1) is 0 Å². The molecule has 1 fully saturated rings. The Kier molecular flexibility index (Phi) is 4.04. The first-order valence-electron chi connectivity index (χ1n) is 7.58. The maximum atomic E-state index is 12.7. The van der Waals surface area contributed by atoms with E-state index in [9.17, 15) is 9.59 Å². The van der Waals surface area contributed by atoms with Crippen LogP contribution in [0.15, 0.2) is 30.5 Å².